The van der Waals surface area contributed by atoms with Crippen LogP contribution in [0.3, 0.4) is 0 Å². The first-order valence-corrected chi connectivity index (χ1v) is 5.76. The number of anilines is 1. The van der Waals surface area contributed by atoms with Gasteiger partial charge in [-0.05, 0) is 37.3 Å². The van der Waals surface area contributed by atoms with Crippen molar-refractivity contribution in [3.63, 3.8) is 0 Å². The van der Waals surface area contributed by atoms with Gasteiger partial charge in [-0.15, -0.1) is 0 Å². The molecule has 1 aromatic rings. The van der Waals surface area contributed by atoms with E-state index >= 15 is 0 Å². The van der Waals surface area contributed by atoms with Crippen molar-refractivity contribution in [1.29, 1.82) is 0 Å². The van der Waals surface area contributed by atoms with Gasteiger partial charge in [0.05, 0.1) is 0 Å². The summed E-state index contributed by atoms with van der Waals surface area (Å²) in [6, 6.07) is 6.86. The minimum absolute atomic E-state index is 0.242. The van der Waals surface area contributed by atoms with Gasteiger partial charge in [0.2, 0.25) is 0 Å². The van der Waals surface area contributed by atoms with Crippen LogP contribution in [0.15, 0.2) is 18.2 Å². The second kappa shape index (κ2) is 4.23. The molecule has 0 spiro atoms. The van der Waals surface area contributed by atoms with Crippen LogP contribution in [0.1, 0.15) is 24.5 Å². The Kier molecular flexibility index (Phi) is 2.96. The van der Waals surface area contributed by atoms with E-state index < -0.39 is 0 Å². The molecule has 15 heavy (non-hydrogen) atoms. The molecule has 1 unspecified atom stereocenters. The molecule has 0 saturated heterocycles. The lowest BCUT2D eigenvalue weighted by Gasteiger charge is -2.30. The van der Waals surface area contributed by atoms with Crippen LogP contribution in [0.4, 0.5) is 5.69 Å². The number of nitrogens with two attached hydrogens (primary N) is 1. The van der Waals surface area contributed by atoms with Gasteiger partial charge in [0.25, 0.3) is 0 Å². The van der Waals surface area contributed by atoms with Crippen LogP contribution in [0.2, 0.25) is 0 Å². The molecule has 2 N–H and O–H groups in total. The van der Waals surface area contributed by atoms with Crippen LogP contribution in [0.5, 0.6) is 0 Å². The average molecular weight is 204 g/mol. The molecule has 82 valence electrons. The molecular weight excluding hydrogens is 184 g/mol. The third kappa shape index (κ3) is 2.15. The van der Waals surface area contributed by atoms with E-state index in [2.05, 4.69) is 37.1 Å². The standard InChI is InChI=1S/C13H20N2/c1-10(14)9-12-6-3-5-11-7-4-8-15(2)13(11)12/h3,5-6,10H,4,7-9,14H2,1-2H3. The third-order valence-corrected chi connectivity index (χ3v) is 3.07. The fourth-order valence-electron chi connectivity index (χ4n) is 2.47. The predicted molar refractivity (Wildman–Crippen MR) is 65.4 cm³/mol. The molecule has 0 fully saturated rings. The third-order valence-electron chi connectivity index (χ3n) is 3.07. The van der Waals surface area contributed by atoms with Crippen molar-refractivity contribution in [2.24, 2.45) is 5.73 Å². The summed E-state index contributed by atoms with van der Waals surface area (Å²) in [4.78, 5) is 2.37. The van der Waals surface area contributed by atoms with Crippen molar-refractivity contribution >= 4 is 5.69 Å². The Hall–Kier alpha value is -1.02. The van der Waals surface area contributed by atoms with E-state index in [1.165, 1.54) is 36.2 Å². The van der Waals surface area contributed by atoms with Crippen molar-refractivity contribution in [3.05, 3.63) is 29.3 Å². The maximum Gasteiger partial charge on any atom is 0.0429 e. The summed E-state index contributed by atoms with van der Waals surface area (Å²) in [5.41, 5.74) is 10.2. The number of hydrogen-bond donors (Lipinski definition) is 1. The highest BCUT2D eigenvalue weighted by atomic mass is 15.1. The molecular formula is C13H20N2. The number of rotatable bonds is 2. The van der Waals surface area contributed by atoms with Gasteiger partial charge >= 0.3 is 0 Å². The molecule has 1 aliphatic heterocycles. The van der Waals surface area contributed by atoms with Gasteiger partial charge in [0, 0.05) is 25.3 Å². The number of para-hydroxylation sites is 1. The number of hydrogen-bond acceptors (Lipinski definition) is 2. The lowest BCUT2D eigenvalue weighted by Crippen LogP contribution is -2.27. The van der Waals surface area contributed by atoms with Crippen LogP contribution in [-0.2, 0) is 12.8 Å². The van der Waals surface area contributed by atoms with Gasteiger partial charge in [0.1, 0.15) is 0 Å². The van der Waals surface area contributed by atoms with Crippen LogP contribution in [-0.4, -0.2) is 19.6 Å². The van der Waals surface area contributed by atoms with Crippen molar-refractivity contribution in [2.45, 2.75) is 32.2 Å². The van der Waals surface area contributed by atoms with Crippen LogP contribution in [0.25, 0.3) is 0 Å². The van der Waals surface area contributed by atoms with E-state index in [1.54, 1.807) is 0 Å². The SMILES string of the molecule is CC(N)Cc1cccc2c1N(C)CCC2. The van der Waals surface area contributed by atoms with Gasteiger partial charge in [-0.2, -0.15) is 0 Å². The first-order chi connectivity index (χ1) is 7.18. The number of benzene rings is 1. The quantitative estimate of drug-likeness (QED) is 0.798. The molecule has 0 bridgehead atoms. The molecule has 2 rings (SSSR count). The zero-order valence-electron chi connectivity index (χ0n) is 9.66. The Morgan fingerprint density at radius 3 is 3.00 bits per heavy atom. The Balaban J connectivity index is 2.38. The molecule has 1 aromatic carbocycles. The Bertz CT molecular complexity index is 344. The predicted octanol–water partition coefficient (Wildman–Crippen LogP) is 1.96. The normalized spacial score (nSPS) is 17.4. The molecule has 0 saturated carbocycles. The second-order valence-corrected chi connectivity index (χ2v) is 4.63. The zero-order chi connectivity index (χ0) is 10.8. The Morgan fingerprint density at radius 1 is 1.47 bits per heavy atom. The summed E-state index contributed by atoms with van der Waals surface area (Å²) in [6.07, 6.45) is 3.46. The molecule has 2 heteroatoms. The highest BCUT2D eigenvalue weighted by molar-refractivity contribution is 5.61. The van der Waals surface area contributed by atoms with Crippen LogP contribution in [0, 0.1) is 0 Å². The summed E-state index contributed by atoms with van der Waals surface area (Å²) in [5, 5.41) is 0. The van der Waals surface area contributed by atoms with E-state index in [4.69, 9.17) is 5.73 Å². The first-order valence-electron chi connectivity index (χ1n) is 5.76. The van der Waals surface area contributed by atoms with Gasteiger partial charge in [0.15, 0.2) is 0 Å². The van der Waals surface area contributed by atoms with E-state index in [0.717, 1.165) is 6.42 Å². The summed E-state index contributed by atoms with van der Waals surface area (Å²) in [5.74, 6) is 0. The average Bonchev–Trinajstić information content (AvgIpc) is 2.17. The van der Waals surface area contributed by atoms with E-state index in [-0.39, 0.29) is 6.04 Å². The minimum atomic E-state index is 0.242. The smallest absolute Gasteiger partial charge is 0.0429 e. The molecule has 1 atom stereocenters. The van der Waals surface area contributed by atoms with Crippen molar-refractivity contribution in [3.8, 4) is 0 Å². The molecule has 1 aliphatic rings. The number of fused-ring (bicyclic) bond motifs is 1. The summed E-state index contributed by atoms with van der Waals surface area (Å²) in [7, 11) is 2.18. The maximum atomic E-state index is 5.88. The summed E-state index contributed by atoms with van der Waals surface area (Å²) in [6.45, 7) is 3.24. The summed E-state index contributed by atoms with van der Waals surface area (Å²) < 4.78 is 0. The lowest BCUT2D eigenvalue weighted by molar-refractivity contribution is 0.709. The van der Waals surface area contributed by atoms with Gasteiger partial charge in [-0.25, -0.2) is 0 Å². The lowest BCUT2D eigenvalue weighted by atomic mass is 9.95. The molecule has 0 aromatic heterocycles. The van der Waals surface area contributed by atoms with E-state index in [0.29, 0.717) is 0 Å². The fourth-order valence-corrected chi connectivity index (χ4v) is 2.47. The molecule has 0 aliphatic carbocycles. The molecule has 2 nitrogen and oxygen atoms in total. The monoisotopic (exact) mass is 204 g/mol. The highest BCUT2D eigenvalue weighted by Gasteiger charge is 2.17. The zero-order valence-corrected chi connectivity index (χ0v) is 9.66. The Morgan fingerprint density at radius 2 is 2.27 bits per heavy atom. The summed E-state index contributed by atoms with van der Waals surface area (Å²) >= 11 is 0. The van der Waals surface area contributed by atoms with Crippen molar-refractivity contribution < 1.29 is 0 Å². The topological polar surface area (TPSA) is 29.3 Å². The first kappa shape index (κ1) is 10.5. The Labute approximate surface area is 92.1 Å². The van der Waals surface area contributed by atoms with Crippen molar-refractivity contribution in [1.82, 2.24) is 0 Å². The maximum absolute atomic E-state index is 5.88. The number of aryl methyl sites for hydroxylation is 1. The fraction of sp³-hybridized carbons (Fsp3) is 0.538. The molecule has 0 amide bonds. The van der Waals surface area contributed by atoms with Gasteiger partial charge < -0.3 is 10.6 Å². The van der Waals surface area contributed by atoms with Gasteiger partial charge in [-0.3, -0.25) is 0 Å². The number of nitrogens with zero attached hydrogens (tertiary/aromatic N) is 1. The molecule has 0 radical (unpaired) electrons. The van der Waals surface area contributed by atoms with Crippen LogP contribution >= 0.6 is 0 Å². The van der Waals surface area contributed by atoms with E-state index in [9.17, 15) is 0 Å². The highest BCUT2D eigenvalue weighted by Crippen LogP contribution is 2.30. The largest absolute Gasteiger partial charge is 0.374 e. The van der Waals surface area contributed by atoms with Crippen LogP contribution < -0.4 is 10.6 Å². The minimum Gasteiger partial charge on any atom is -0.374 e. The van der Waals surface area contributed by atoms with Crippen molar-refractivity contribution in [2.75, 3.05) is 18.5 Å². The van der Waals surface area contributed by atoms with E-state index in [1.807, 2.05) is 0 Å². The second-order valence-electron chi connectivity index (χ2n) is 4.63. The molecule has 1 heterocycles. The van der Waals surface area contributed by atoms with Gasteiger partial charge in [-0.1, -0.05) is 18.2 Å².